The van der Waals surface area contributed by atoms with E-state index in [1.807, 2.05) is 0 Å². The largest absolute Gasteiger partial charge is 0.314 e. The molecule has 0 aromatic heterocycles. The Morgan fingerprint density at radius 3 is 2.18 bits per heavy atom. The zero-order valence-electron chi connectivity index (χ0n) is 12.3. The van der Waals surface area contributed by atoms with Crippen molar-refractivity contribution >= 4 is 0 Å². The minimum absolute atomic E-state index is 0.775. The first kappa shape index (κ1) is 15.0. The van der Waals surface area contributed by atoms with Gasteiger partial charge in [0.1, 0.15) is 0 Å². The average molecular weight is 239 g/mol. The summed E-state index contributed by atoms with van der Waals surface area (Å²) < 4.78 is 0. The summed E-state index contributed by atoms with van der Waals surface area (Å²) in [5, 5.41) is 3.72. The normalized spacial score (nSPS) is 19.8. The number of hydrogen-bond acceptors (Lipinski definition) is 1. The molecule has 0 aliphatic heterocycles. The van der Waals surface area contributed by atoms with Gasteiger partial charge in [-0.15, -0.1) is 0 Å². The summed E-state index contributed by atoms with van der Waals surface area (Å²) in [7, 11) is 0. The molecule has 0 bridgehead atoms. The van der Waals surface area contributed by atoms with Crippen LogP contribution >= 0.6 is 0 Å². The van der Waals surface area contributed by atoms with Crippen molar-refractivity contribution in [2.45, 2.75) is 84.6 Å². The molecule has 102 valence electrons. The molecule has 17 heavy (non-hydrogen) atoms. The van der Waals surface area contributed by atoms with Crippen LogP contribution in [0.4, 0.5) is 0 Å². The van der Waals surface area contributed by atoms with Crippen LogP contribution in [0.25, 0.3) is 0 Å². The van der Waals surface area contributed by atoms with Crippen molar-refractivity contribution in [1.82, 2.24) is 5.32 Å². The Bertz CT molecular complexity index is 168. The second kappa shape index (κ2) is 8.97. The predicted octanol–water partition coefficient (Wildman–Crippen LogP) is 4.76. The fourth-order valence-corrected chi connectivity index (χ4v) is 3.52. The van der Waals surface area contributed by atoms with Crippen LogP contribution in [-0.2, 0) is 0 Å². The quantitative estimate of drug-likeness (QED) is 0.644. The van der Waals surface area contributed by atoms with Crippen LogP contribution in [0, 0.1) is 11.8 Å². The van der Waals surface area contributed by atoms with Crippen molar-refractivity contribution in [2.24, 2.45) is 11.8 Å². The smallest absolute Gasteiger partial charge is 0.00951 e. The van der Waals surface area contributed by atoms with Gasteiger partial charge in [-0.25, -0.2) is 0 Å². The molecule has 1 aliphatic rings. The fourth-order valence-electron chi connectivity index (χ4n) is 3.52. The SMILES string of the molecule is CCNC(CCC1CCCCC1)C(CC)CC. The third-order valence-corrected chi connectivity index (χ3v) is 4.69. The van der Waals surface area contributed by atoms with Gasteiger partial charge in [0.15, 0.2) is 0 Å². The third kappa shape index (κ3) is 5.42. The van der Waals surface area contributed by atoms with Gasteiger partial charge >= 0.3 is 0 Å². The van der Waals surface area contributed by atoms with Crippen LogP contribution in [0.1, 0.15) is 78.6 Å². The molecule has 0 amide bonds. The number of nitrogens with one attached hydrogen (secondary N) is 1. The van der Waals surface area contributed by atoms with E-state index in [1.165, 1.54) is 57.8 Å². The Kier molecular flexibility index (Phi) is 7.92. The Morgan fingerprint density at radius 2 is 1.65 bits per heavy atom. The molecule has 0 aromatic rings. The average Bonchev–Trinajstić information content (AvgIpc) is 2.38. The van der Waals surface area contributed by atoms with Gasteiger partial charge in [0, 0.05) is 6.04 Å². The lowest BCUT2D eigenvalue weighted by atomic mass is 9.82. The number of hydrogen-bond donors (Lipinski definition) is 1. The maximum absolute atomic E-state index is 3.72. The monoisotopic (exact) mass is 239 g/mol. The highest BCUT2D eigenvalue weighted by atomic mass is 14.9. The molecule has 0 spiro atoms. The van der Waals surface area contributed by atoms with Gasteiger partial charge in [0.25, 0.3) is 0 Å². The van der Waals surface area contributed by atoms with Gasteiger partial charge in [-0.3, -0.25) is 0 Å². The van der Waals surface area contributed by atoms with Crippen LogP contribution in [0.15, 0.2) is 0 Å². The molecule has 1 nitrogen and oxygen atoms in total. The van der Waals surface area contributed by atoms with Crippen LogP contribution in [0.2, 0.25) is 0 Å². The third-order valence-electron chi connectivity index (χ3n) is 4.69. The zero-order chi connectivity index (χ0) is 12.5. The van der Waals surface area contributed by atoms with Gasteiger partial charge in [-0.1, -0.05) is 65.7 Å². The van der Waals surface area contributed by atoms with Crippen molar-refractivity contribution in [1.29, 1.82) is 0 Å². The Hall–Kier alpha value is -0.0400. The van der Waals surface area contributed by atoms with E-state index in [0.29, 0.717) is 0 Å². The van der Waals surface area contributed by atoms with Gasteiger partial charge in [0.2, 0.25) is 0 Å². The Balaban J connectivity index is 2.31. The molecule has 1 atom stereocenters. The number of rotatable bonds is 8. The molecule has 0 heterocycles. The zero-order valence-corrected chi connectivity index (χ0v) is 12.3. The maximum atomic E-state index is 3.72. The van der Waals surface area contributed by atoms with Gasteiger partial charge in [0.05, 0.1) is 0 Å². The first-order valence-electron chi connectivity index (χ1n) is 8.05. The molecule has 0 saturated heterocycles. The summed E-state index contributed by atoms with van der Waals surface area (Å²) in [6, 6.07) is 0.775. The van der Waals surface area contributed by atoms with Gasteiger partial charge in [-0.2, -0.15) is 0 Å². The lowest BCUT2D eigenvalue weighted by Gasteiger charge is -2.29. The summed E-state index contributed by atoms with van der Waals surface area (Å²) in [6.07, 6.45) is 13.0. The van der Waals surface area contributed by atoms with Crippen molar-refractivity contribution in [2.75, 3.05) is 6.54 Å². The van der Waals surface area contributed by atoms with E-state index in [1.54, 1.807) is 0 Å². The van der Waals surface area contributed by atoms with Gasteiger partial charge in [-0.05, 0) is 31.2 Å². The molecule has 0 radical (unpaired) electrons. The van der Waals surface area contributed by atoms with Crippen molar-refractivity contribution in [3.63, 3.8) is 0 Å². The highest BCUT2D eigenvalue weighted by Gasteiger charge is 2.20. The van der Waals surface area contributed by atoms with E-state index in [-0.39, 0.29) is 0 Å². The summed E-state index contributed by atoms with van der Waals surface area (Å²) in [5.74, 6) is 1.93. The minimum atomic E-state index is 0.775. The Morgan fingerprint density at radius 1 is 1.00 bits per heavy atom. The second-order valence-electron chi connectivity index (χ2n) is 5.82. The van der Waals surface area contributed by atoms with E-state index in [9.17, 15) is 0 Å². The summed E-state index contributed by atoms with van der Waals surface area (Å²) in [6.45, 7) is 8.07. The predicted molar refractivity (Wildman–Crippen MR) is 77.3 cm³/mol. The lowest BCUT2D eigenvalue weighted by Crippen LogP contribution is -2.36. The molecule has 1 rings (SSSR count). The van der Waals surface area contributed by atoms with E-state index in [0.717, 1.165) is 24.4 Å². The molecule has 1 N–H and O–H groups in total. The minimum Gasteiger partial charge on any atom is -0.314 e. The molecule has 1 unspecified atom stereocenters. The van der Waals surface area contributed by atoms with Crippen LogP contribution in [0.5, 0.6) is 0 Å². The molecule has 1 heteroatoms. The maximum Gasteiger partial charge on any atom is 0.00951 e. The van der Waals surface area contributed by atoms with E-state index < -0.39 is 0 Å². The van der Waals surface area contributed by atoms with E-state index in [2.05, 4.69) is 26.1 Å². The first-order chi connectivity index (χ1) is 8.31. The van der Waals surface area contributed by atoms with Crippen molar-refractivity contribution < 1.29 is 0 Å². The van der Waals surface area contributed by atoms with Gasteiger partial charge < -0.3 is 5.32 Å². The van der Waals surface area contributed by atoms with Crippen LogP contribution < -0.4 is 5.32 Å². The highest BCUT2D eigenvalue weighted by Crippen LogP contribution is 2.29. The molecule has 0 aromatic carbocycles. The van der Waals surface area contributed by atoms with Crippen molar-refractivity contribution in [3.8, 4) is 0 Å². The Labute approximate surface area is 109 Å². The summed E-state index contributed by atoms with van der Waals surface area (Å²) in [5.41, 5.74) is 0. The highest BCUT2D eigenvalue weighted by molar-refractivity contribution is 4.77. The van der Waals surface area contributed by atoms with Crippen molar-refractivity contribution in [3.05, 3.63) is 0 Å². The fraction of sp³-hybridized carbons (Fsp3) is 1.00. The van der Waals surface area contributed by atoms with E-state index in [4.69, 9.17) is 0 Å². The molecule has 1 aliphatic carbocycles. The van der Waals surface area contributed by atoms with Crippen LogP contribution in [-0.4, -0.2) is 12.6 Å². The first-order valence-corrected chi connectivity index (χ1v) is 8.05. The molecular formula is C16H33N. The van der Waals surface area contributed by atoms with E-state index >= 15 is 0 Å². The summed E-state index contributed by atoms with van der Waals surface area (Å²) in [4.78, 5) is 0. The van der Waals surface area contributed by atoms with Crippen LogP contribution in [0.3, 0.4) is 0 Å². The summed E-state index contributed by atoms with van der Waals surface area (Å²) >= 11 is 0. The molecule has 1 fully saturated rings. The standard InChI is InChI=1S/C16H33N/c1-4-15(5-2)16(17-6-3)13-12-14-10-8-7-9-11-14/h14-17H,4-13H2,1-3H3. The topological polar surface area (TPSA) is 12.0 Å². The molecule has 1 saturated carbocycles. The lowest BCUT2D eigenvalue weighted by molar-refractivity contribution is 0.269. The molecular weight excluding hydrogens is 206 g/mol. The second-order valence-corrected chi connectivity index (χ2v) is 5.82.